The Morgan fingerprint density at radius 3 is 2.70 bits per heavy atom. The van der Waals surface area contributed by atoms with Gasteiger partial charge in [0.05, 0.1) is 12.3 Å². The van der Waals surface area contributed by atoms with Gasteiger partial charge in [-0.3, -0.25) is 9.59 Å². The van der Waals surface area contributed by atoms with Crippen molar-refractivity contribution in [3.63, 3.8) is 0 Å². The lowest BCUT2D eigenvalue weighted by Gasteiger charge is -2.33. The van der Waals surface area contributed by atoms with Crippen molar-refractivity contribution in [1.82, 2.24) is 10.2 Å². The van der Waals surface area contributed by atoms with Crippen LogP contribution in [0.2, 0.25) is 0 Å². The summed E-state index contributed by atoms with van der Waals surface area (Å²) in [7, 11) is 0. The first kappa shape index (κ1) is 19.6. The predicted octanol–water partition coefficient (Wildman–Crippen LogP) is 2.40. The van der Waals surface area contributed by atoms with Crippen LogP contribution in [0.15, 0.2) is 28.7 Å². The maximum absolute atomic E-state index is 13.1. The Balaban J connectivity index is 1.89. The van der Waals surface area contributed by atoms with Crippen LogP contribution < -0.4 is 10.6 Å². The second-order valence-electron chi connectivity index (χ2n) is 7.43. The van der Waals surface area contributed by atoms with Crippen molar-refractivity contribution in [2.24, 2.45) is 5.41 Å². The van der Waals surface area contributed by atoms with E-state index in [0.29, 0.717) is 12.1 Å². The number of nitrogens with zero attached hydrogens (tertiary/aromatic N) is 1. The molecule has 3 amide bonds. The van der Waals surface area contributed by atoms with E-state index in [-0.39, 0.29) is 18.9 Å². The number of carbonyl (C=O) groups excluding carboxylic acids is 2. The highest BCUT2D eigenvalue weighted by Crippen LogP contribution is 2.42. The van der Waals surface area contributed by atoms with Crippen LogP contribution >= 0.6 is 15.9 Å². The molecular formula is C18H22BrN3O5. The van der Waals surface area contributed by atoms with E-state index in [1.54, 1.807) is 12.1 Å². The normalized spacial score (nSPS) is 26.9. The molecule has 146 valence electrons. The van der Waals surface area contributed by atoms with Gasteiger partial charge in [-0.15, -0.1) is 0 Å². The molecule has 0 aliphatic carbocycles. The lowest BCUT2D eigenvalue weighted by Crippen LogP contribution is -2.55. The maximum atomic E-state index is 13.1. The van der Waals surface area contributed by atoms with E-state index >= 15 is 0 Å². The van der Waals surface area contributed by atoms with Crippen LogP contribution in [-0.4, -0.2) is 52.8 Å². The zero-order valence-electron chi connectivity index (χ0n) is 15.1. The number of ether oxygens (including phenoxy) is 1. The molecule has 1 unspecified atom stereocenters. The second kappa shape index (κ2) is 7.47. The number of rotatable bonds is 3. The zero-order chi connectivity index (χ0) is 19.8. The molecule has 1 aromatic carbocycles. The van der Waals surface area contributed by atoms with Crippen molar-refractivity contribution in [2.45, 2.75) is 45.0 Å². The van der Waals surface area contributed by atoms with Crippen LogP contribution in [-0.2, 0) is 14.3 Å². The third-order valence-corrected chi connectivity index (χ3v) is 5.67. The van der Waals surface area contributed by atoms with E-state index in [4.69, 9.17) is 9.84 Å². The molecule has 0 radical (unpaired) electrons. The van der Waals surface area contributed by atoms with Gasteiger partial charge in [0.1, 0.15) is 18.3 Å². The predicted molar refractivity (Wildman–Crippen MR) is 101 cm³/mol. The minimum absolute atomic E-state index is 0.233. The van der Waals surface area contributed by atoms with Crippen molar-refractivity contribution >= 4 is 39.5 Å². The van der Waals surface area contributed by atoms with Gasteiger partial charge in [0, 0.05) is 10.9 Å². The number of benzene rings is 1. The van der Waals surface area contributed by atoms with E-state index < -0.39 is 35.7 Å². The summed E-state index contributed by atoms with van der Waals surface area (Å²) < 4.78 is 6.51. The number of amides is 3. The number of hydrogen-bond acceptors (Lipinski definition) is 4. The summed E-state index contributed by atoms with van der Waals surface area (Å²) in [6, 6.07) is 5.50. The van der Waals surface area contributed by atoms with Gasteiger partial charge in [-0.05, 0) is 39.9 Å². The number of fused-ring (bicyclic) bond motifs is 1. The molecule has 27 heavy (non-hydrogen) atoms. The number of halogens is 1. The standard InChI is InChI=1S/C18H22BrN3O5/c1-18(2)9-13-22(16(24)12(7-8-27-13)21-17(25)26)14(18)15(23)20-11-6-4-3-5-10(11)19/h3-6,12-14,21H,7-9H2,1-2H3,(H,20,23)(H,25,26)/t12-,13-,14?/m0/s1. The van der Waals surface area contributed by atoms with E-state index in [1.165, 1.54) is 4.90 Å². The van der Waals surface area contributed by atoms with Gasteiger partial charge < -0.3 is 25.4 Å². The molecule has 0 aromatic heterocycles. The average Bonchev–Trinajstić information content (AvgIpc) is 2.77. The molecule has 3 atom stereocenters. The second-order valence-corrected chi connectivity index (χ2v) is 8.28. The number of para-hydroxylation sites is 1. The van der Waals surface area contributed by atoms with Gasteiger partial charge >= 0.3 is 6.09 Å². The van der Waals surface area contributed by atoms with Gasteiger partial charge in [-0.2, -0.15) is 0 Å². The van der Waals surface area contributed by atoms with Crippen molar-refractivity contribution in [3.8, 4) is 0 Å². The molecule has 1 aromatic rings. The Hall–Kier alpha value is -2.13. The maximum Gasteiger partial charge on any atom is 0.405 e. The van der Waals surface area contributed by atoms with E-state index in [0.717, 1.165) is 4.47 Å². The summed E-state index contributed by atoms with van der Waals surface area (Å²) in [4.78, 5) is 38.6. The Bertz CT molecular complexity index is 769. The highest BCUT2D eigenvalue weighted by Gasteiger charge is 2.54. The topological polar surface area (TPSA) is 108 Å². The van der Waals surface area contributed by atoms with Crippen molar-refractivity contribution in [3.05, 3.63) is 28.7 Å². The largest absolute Gasteiger partial charge is 0.465 e. The molecular weight excluding hydrogens is 418 g/mol. The van der Waals surface area contributed by atoms with Crippen LogP contribution in [0.25, 0.3) is 0 Å². The highest BCUT2D eigenvalue weighted by atomic mass is 79.9. The number of carboxylic acid groups (broad SMARTS) is 1. The number of nitrogens with one attached hydrogen (secondary N) is 2. The van der Waals surface area contributed by atoms with Gasteiger partial charge in [0.15, 0.2) is 0 Å². The Labute approximate surface area is 165 Å². The summed E-state index contributed by atoms with van der Waals surface area (Å²) in [5, 5.41) is 14.1. The SMILES string of the molecule is CC1(C)C[C@@H]2OCC[C@H](NC(=O)O)C(=O)N2C1C(=O)Nc1ccccc1Br. The molecule has 0 bridgehead atoms. The van der Waals surface area contributed by atoms with Crippen LogP contribution in [0.5, 0.6) is 0 Å². The fraction of sp³-hybridized carbons (Fsp3) is 0.500. The Kier molecular flexibility index (Phi) is 5.43. The first-order valence-corrected chi connectivity index (χ1v) is 9.48. The summed E-state index contributed by atoms with van der Waals surface area (Å²) in [6.07, 6.45) is -1.11. The molecule has 2 aliphatic heterocycles. The molecule has 9 heteroatoms. The number of hydrogen-bond donors (Lipinski definition) is 3. The summed E-state index contributed by atoms with van der Waals surface area (Å²) >= 11 is 3.40. The van der Waals surface area contributed by atoms with Crippen LogP contribution in [0, 0.1) is 5.41 Å². The molecule has 2 saturated heterocycles. The quantitative estimate of drug-likeness (QED) is 0.669. The highest BCUT2D eigenvalue weighted by molar-refractivity contribution is 9.10. The summed E-state index contributed by atoms with van der Waals surface area (Å²) in [5.74, 6) is -0.764. The Morgan fingerprint density at radius 2 is 2.04 bits per heavy atom. The van der Waals surface area contributed by atoms with Crippen LogP contribution in [0.4, 0.5) is 10.5 Å². The first-order chi connectivity index (χ1) is 12.7. The minimum Gasteiger partial charge on any atom is -0.465 e. The molecule has 3 N–H and O–H groups in total. The van der Waals surface area contributed by atoms with Gasteiger partial charge in [0.2, 0.25) is 11.8 Å². The minimum atomic E-state index is -1.28. The van der Waals surface area contributed by atoms with E-state index in [2.05, 4.69) is 26.6 Å². The monoisotopic (exact) mass is 439 g/mol. The fourth-order valence-corrected chi connectivity index (χ4v) is 4.15. The first-order valence-electron chi connectivity index (χ1n) is 8.69. The van der Waals surface area contributed by atoms with Gasteiger partial charge in [-0.1, -0.05) is 26.0 Å². The van der Waals surface area contributed by atoms with Crippen molar-refractivity contribution in [2.75, 3.05) is 11.9 Å². The van der Waals surface area contributed by atoms with Crippen LogP contribution in [0.1, 0.15) is 26.7 Å². The van der Waals surface area contributed by atoms with Crippen molar-refractivity contribution in [1.29, 1.82) is 0 Å². The average molecular weight is 440 g/mol. The molecule has 0 saturated carbocycles. The molecule has 8 nitrogen and oxygen atoms in total. The van der Waals surface area contributed by atoms with E-state index in [1.807, 2.05) is 26.0 Å². The molecule has 3 rings (SSSR count). The van der Waals surface area contributed by atoms with Crippen LogP contribution in [0.3, 0.4) is 0 Å². The lowest BCUT2D eigenvalue weighted by molar-refractivity contribution is -0.147. The molecule has 2 fully saturated rings. The summed E-state index contributed by atoms with van der Waals surface area (Å²) in [5.41, 5.74) is 0.0710. The number of anilines is 1. The molecule has 0 spiro atoms. The zero-order valence-corrected chi connectivity index (χ0v) is 16.7. The van der Waals surface area contributed by atoms with Crippen molar-refractivity contribution < 1.29 is 24.2 Å². The van der Waals surface area contributed by atoms with Gasteiger partial charge in [-0.25, -0.2) is 4.79 Å². The molecule has 2 heterocycles. The smallest absolute Gasteiger partial charge is 0.405 e. The number of carbonyl (C=O) groups is 3. The summed E-state index contributed by atoms with van der Waals surface area (Å²) in [6.45, 7) is 4.05. The lowest BCUT2D eigenvalue weighted by atomic mass is 9.83. The molecule has 2 aliphatic rings. The fourth-order valence-electron chi connectivity index (χ4n) is 3.76. The van der Waals surface area contributed by atoms with E-state index in [9.17, 15) is 14.4 Å². The third-order valence-electron chi connectivity index (χ3n) is 4.98. The Morgan fingerprint density at radius 1 is 1.33 bits per heavy atom. The van der Waals surface area contributed by atoms with Gasteiger partial charge in [0.25, 0.3) is 0 Å². The third kappa shape index (κ3) is 3.93.